The van der Waals surface area contributed by atoms with Crippen LogP contribution in [0.3, 0.4) is 0 Å². The SMILES string of the molecule is CCC(CNC)N1CCC(OC)C1. The van der Waals surface area contributed by atoms with Gasteiger partial charge < -0.3 is 10.1 Å². The number of methoxy groups -OCH3 is 1. The van der Waals surface area contributed by atoms with Crippen molar-refractivity contribution in [3.05, 3.63) is 0 Å². The van der Waals surface area contributed by atoms with E-state index < -0.39 is 0 Å². The van der Waals surface area contributed by atoms with Gasteiger partial charge in [0.05, 0.1) is 6.10 Å². The standard InChI is InChI=1S/C10H22N2O/c1-4-9(7-11-2)12-6-5-10(8-12)13-3/h9-11H,4-8H2,1-3H3. The Kier molecular flexibility index (Phi) is 4.70. The minimum atomic E-state index is 0.464. The average molecular weight is 186 g/mol. The number of nitrogens with one attached hydrogen (secondary N) is 1. The Labute approximate surface area is 81.4 Å². The van der Waals surface area contributed by atoms with Crippen LogP contribution in [0.25, 0.3) is 0 Å². The number of hydrogen-bond acceptors (Lipinski definition) is 3. The molecule has 0 saturated carbocycles. The zero-order valence-electron chi connectivity index (χ0n) is 9.05. The van der Waals surface area contributed by atoms with Gasteiger partial charge in [0.25, 0.3) is 0 Å². The van der Waals surface area contributed by atoms with Gasteiger partial charge in [-0.15, -0.1) is 0 Å². The lowest BCUT2D eigenvalue weighted by atomic mass is 10.2. The summed E-state index contributed by atoms with van der Waals surface area (Å²) in [6, 6.07) is 0.685. The van der Waals surface area contributed by atoms with E-state index in [0.717, 1.165) is 13.1 Å². The lowest BCUT2D eigenvalue weighted by molar-refractivity contribution is 0.100. The first kappa shape index (κ1) is 11.0. The molecule has 1 aliphatic rings. The molecular formula is C10H22N2O. The number of nitrogens with zero attached hydrogens (tertiary/aromatic N) is 1. The third-order valence-corrected chi connectivity index (χ3v) is 2.94. The molecule has 1 fully saturated rings. The van der Waals surface area contributed by atoms with E-state index in [9.17, 15) is 0 Å². The monoisotopic (exact) mass is 186 g/mol. The van der Waals surface area contributed by atoms with Gasteiger partial charge in [-0.2, -0.15) is 0 Å². The molecule has 0 spiro atoms. The first-order valence-electron chi connectivity index (χ1n) is 5.23. The van der Waals surface area contributed by atoms with Crippen molar-refractivity contribution in [2.24, 2.45) is 0 Å². The summed E-state index contributed by atoms with van der Waals surface area (Å²) >= 11 is 0. The number of likely N-dealkylation sites (tertiary alicyclic amines) is 1. The van der Waals surface area contributed by atoms with Crippen LogP contribution in [0.5, 0.6) is 0 Å². The fourth-order valence-electron chi connectivity index (χ4n) is 2.05. The fourth-order valence-corrected chi connectivity index (χ4v) is 2.05. The van der Waals surface area contributed by atoms with Gasteiger partial charge >= 0.3 is 0 Å². The minimum absolute atomic E-state index is 0.464. The first-order chi connectivity index (χ1) is 6.31. The Hall–Kier alpha value is -0.120. The average Bonchev–Trinajstić information content (AvgIpc) is 2.62. The number of likely N-dealkylation sites (N-methyl/N-ethyl adjacent to an activating group) is 1. The molecule has 1 rings (SSSR count). The van der Waals surface area contributed by atoms with Crippen LogP contribution in [0.2, 0.25) is 0 Å². The summed E-state index contributed by atoms with van der Waals surface area (Å²) in [4.78, 5) is 2.53. The summed E-state index contributed by atoms with van der Waals surface area (Å²) in [6.07, 6.45) is 2.87. The van der Waals surface area contributed by atoms with Gasteiger partial charge in [-0.05, 0) is 19.9 Å². The van der Waals surface area contributed by atoms with Crippen molar-refractivity contribution in [3.63, 3.8) is 0 Å². The molecule has 0 radical (unpaired) electrons. The highest BCUT2D eigenvalue weighted by Gasteiger charge is 2.26. The Morgan fingerprint density at radius 1 is 1.62 bits per heavy atom. The highest BCUT2D eigenvalue weighted by molar-refractivity contribution is 4.82. The quantitative estimate of drug-likeness (QED) is 0.684. The molecule has 2 unspecified atom stereocenters. The number of hydrogen-bond donors (Lipinski definition) is 1. The zero-order valence-corrected chi connectivity index (χ0v) is 9.05. The van der Waals surface area contributed by atoms with E-state index in [2.05, 4.69) is 17.1 Å². The van der Waals surface area contributed by atoms with Crippen LogP contribution in [-0.4, -0.2) is 50.8 Å². The second-order valence-electron chi connectivity index (χ2n) is 3.76. The van der Waals surface area contributed by atoms with Crippen LogP contribution in [0, 0.1) is 0 Å². The maximum atomic E-state index is 5.35. The summed E-state index contributed by atoms with van der Waals surface area (Å²) in [6.45, 7) is 5.64. The molecule has 1 N–H and O–H groups in total. The maximum absolute atomic E-state index is 5.35. The third-order valence-electron chi connectivity index (χ3n) is 2.94. The summed E-state index contributed by atoms with van der Waals surface area (Å²) < 4.78 is 5.35. The second kappa shape index (κ2) is 5.58. The zero-order chi connectivity index (χ0) is 9.68. The topological polar surface area (TPSA) is 24.5 Å². The largest absolute Gasteiger partial charge is 0.380 e. The van der Waals surface area contributed by atoms with Crippen molar-refractivity contribution in [2.45, 2.75) is 31.9 Å². The first-order valence-corrected chi connectivity index (χ1v) is 5.23. The summed E-state index contributed by atoms with van der Waals surface area (Å²) in [5.74, 6) is 0. The molecular weight excluding hydrogens is 164 g/mol. The fraction of sp³-hybridized carbons (Fsp3) is 1.00. The predicted octanol–water partition coefficient (Wildman–Crippen LogP) is 0.705. The lowest BCUT2D eigenvalue weighted by Gasteiger charge is -2.26. The molecule has 3 nitrogen and oxygen atoms in total. The Morgan fingerprint density at radius 2 is 2.38 bits per heavy atom. The number of ether oxygens (including phenoxy) is 1. The van der Waals surface area contributed by atoms with Crippen LogP contribution >= 0.6 is 0 Å². The van der Waals surface area contributed by atoms with Gasteiger partial charge in [0.2, 0.25) is 0 Å². The lowest BCUT2D eigenvalue weighted by Crippen LogP contribution is -2.40. The predicted molar refractivity (Wildman–Crippen MR) is 55.0 cm³/mol. The van der Waals surface area contributed by atoms with E-state index in [1.165, 1.54) is 19.4 Å². The van der Waals surface area contributed by atoms with Crippen molar-refractivity contribution in [1.29, 1.82) is 0 Å². The highest BCUT2D eigenvalue weighted by atomic mass is 16.5. The van der Waals surface area contributed by atoms with E-state index in [4.69, 9.17) is 4.74 Å². The Bertz CT molecular complexity index is 141. The molecule has 0 amide bonds. The van der Waals surface area contributed by atoms with Crippen LogP contribution in [0.1, 0.15) is 19.8 Å². The van der Waals surface area contributed by atoms with Crippen molar-refractivity contribution >= 4 is 0 Å². The van der Waals surface area contributed by atoms with Gasteiger partial charge in [-0.1, -0.05) is 6.92 Å². The van der Waals surface area contributed by atoms with Crippen molar-refractivity contribution in [3.8, 4) is 0 Å². The molecule has 0 bridgehead atoms. The van der Waals surface area contributed by atoms with Gasteiger partial charge in [-0.25, -0.2) is 0 Å². The maximum Gasteiger partial charge on any atom is 0.0710 e. The molecule has 3 heteroatoms. The molecule has 13 heavy (non-hydrogen) atoms. The van der Waals surface area contributed by atoms with E-state index in [1.54, 1.807) is 0 Å². The van der Waals surface area contributed by atoms with E-state index >= 15 is 0 Å². The smallest absolute Gasteiger partial charge is 0.0710 e. The van der Waals surface area contributed by atoms with Crippen molar-refractivity contribution in [1.82, 2.24) is 10.2 Å². The van der Waals surface area contributed by atoms with Crippen LogP contribution < -0.4 is 5.32 Å². The molecule has 1 saturated heterocycles. The third kappa shape index (κ3) is 2.93. The highest BCUT2D eigenvalue weighted by Crippen LogP contribution is 2.16. The molecule has 0 aromatic rings. The summed E-state index contributed by atoms with van der Waals surface area (Å²) in [5, 5.41) is 3.25. The summed E-state index contributed by atoms with van der Waals surface area (Å²) in [7, 11) is 3.83. The van der Waals surface area contributed by atoms with Crippen molar-refractivity contribution in [2.75, 3.05) is 33.8 Å². The van der Waals surface area contributed by atoms with Gasteiger partial charge in [-0.3, -0.25) is 4.90 Å². The molecule has 0 aliphatic carbocycles. The molecule has 0 aromatic carbocycles. The molecule has 78 valence electrons. The van der Waals surface area contributed by atoms with E-state index in [1.807, 2.05) is 14.2 Å². The van der Waals surface area contributed by atoms with E-state index in [-0.39, 0.29) is 0 Å². The Balaban J connectivity index is 2.33. The summed E-state index contributed by atoms with van der Waals surface area (Å²) in [5.41, 5.74) is 0. The van der Waals surface area contributed by atoms with E-state index in [0.29, 0.717) is 12.1 Å². The van der Waals surface area contributed by atoms with Gasteiger partial charge in [0, 0.05) is 32.8 Å². The van der Waals surface area contributed by atoms with Crippen LogP contribution in [0.15, 0.2) is 0 Å². The van der Waals surface area contributed by atoms with Crippen LogP contribution in [-0.2, 0) is 4.74 Å². The molecule has 0 aromatic heterocycles. The molecule has 1 aliphatic heterocycles. The van der Waals surface area contributed by atoms with Crippen LogP contribution in [0.4, 0.5) is 0 Å². The Morgan fingerprint density at radius 3 is 2.85 bits per heavy atom. The normalized spacial score (nSPS) is 26.5. The van der Waals surface area contributed by atoms with Gasteiger partial charge in [0.1, 0.15) is 0 Å². The molecule has 1 heterocycles. The number of rotatable bonds is 5. The molecule has 2 atom stereocenters. The van der Waals surface area contributed by atoms with Crippen molar-refractivity contribution < 1.29 is 4.74 Å². The second-order valence-corrected chi connectivity index (χ2v) is 3.76. The minimum Gasteiger partial charge on any atom is -0.380 e. The van der Waals surface area contributed by atoms with Gasteiger partial charge in [0.15, 0.2) is 0 Å².